The lowest BCUT2D eigenvalue weighted by molar-refractivity contribution is -0.384. The van der Waals surface area contributed by atoms with Gasteiger partial charge < -0.3 is 14.5 Å². The maximum absolute atomic E-state index is 12.7. The molecule has 0 saturated carbocycles. The molecule has 1 aliphatic rings. The van der Waals surface area contributed by atoms with Crippen LogP contribution in [0.1, 0.15) is 5.76 Å². The summed E-state index contributed by atoms with van der Waals surface area (Å²) in [5.41, 5.74) is 0.806. The molecule has 0 spiro atoms. The van der Waals surface area contributed by atoms with Crippen molar-refractivity contribution in [2.24, 2.45) is 0 Å². The molecule has 1 fully saturated rings. The number of amides is 3. The number of nitro groups is 1. The lowest BCUT2D eigenvalue weighted by Gasteiger charge is -2.11. The van der Waals surface area contributed by atoms with Gasteiger partial charge in [0.2, 0.25) is 0 Å². The molecule has 1 N–H and O–H groups in total. The number of furan rings is 1. The van der Waals surface area contributed by atoms with Crippen LogP contribution in [0.4, 0.5) is 16.2 Å². The number of hydrogen-bond acceptors (Lipinski definition) is 6. The molecule has 0 atom stereocenters. The van der Waals surface area contributed by atoms with Crippen LogP contribution in [0.25, 0.3) is 17.4 Å². The summed E-state index contributed by atoms with van der Waals surface area (Å²) in [7, 11) is 1.40. The van der Waals surface area contributed by atoms with Crippen molar-refractivity contribution in [1.82, 2.24) is 5.32 Å². The molecule has 9 nitrogen and oxygen atoms in total. The number of benzene rings is 2. The van der Waals surface area contributed by atoms with E-state index in [-0.39, 0.29) is 17.1 Å². The zero-order chi connectivity index (χ0) is 22.1. The third-order valence-electron chi connectivity index (χ3n) is 4.54. The number of non-ortho nitro benzene ring substituents is 1. The van der Waals surface area contributed by atoms with Gasteiger partial charge in [-0.1, -0.05) is 11.6 Å². The van der Waals surface area contributed by atoms with Gasteiger partial charge in [0.25, 0.3) is 11.6 Å². The first-order valence-corrected chi connectivity index (χ1v) is 9.30. The molecular weight excluding hydrogens is 426 g/mol. The predicted molar refractivity (Wildman–Crippen MR) is 113 cm³/mol. The molecule has 0 bridgehead atoms. The van der Waals surface area contributed by atoms with E-state index in [1.807, 2.05) is 0 Å². The van der Waals surface area contributed by atoms with E-state index < -0.39 is 16.9 Å². The predicted octanol–water partition coefficient (Wildman–Crippen LogP) is 4.61. The van der Waals surface area contributed by atoms with Crippen LogP contribution in [-0.2, 0) is 4.79 Å². The Hall–Kier alpha value is -4.11. The number of urea groups is 1. The first-order valence-electron chi connectivity index (χ1n) is 8.92. The maximum Gasteiger partial charge on any atom is 0.333 e. The van der Waals surface area contributed by atoms with E-state index in [2.05, 4.69) is 5.32 Å². The summed E-state index contributed by atoms with van der Waals surface area (Å²) < 4.78 is 11.0. The topological polar surface area (TPSA) is 115 Å². The summed E-state index contributed by atoms with van der Waals surface area (Å²) in [6.07, 6.45) is 1.40. The fraction of sp³-hybridized carbons (Fsp3) is 0.0476. The summed E-state index contributed by atoms with van der Waals surface area (Å²) in [4.78, 5) is 36.4. The number of ether oxygens (including phenoxy) is 1. The highest BCUT2D eigenvalue weighted by molar-refractivity contribution is 6.31. The van der Waals surface area contributed by atoms with Crippen molar-refractivity contribution in [2.45, 2.75) is 0 Å². The van der Waals surface area contributed by atoms with Crippen molar-refractivity contribution in [3.63, 3.8) is 0 Å². The molecule has 1 aromatic heterocycles. The Kier molecular flexibility index (Phi) is 5.18. The van der Waals surface area contributed by atoms with Crippen LogP contribution < -0.4 is 15.0 Å². The molecular formula is C21H14ClN3O6. The molecule has 4 rings (SSSR count). The van der Waals surface area contributed by atoms with Crippen LogP contribution in [0.5, 0.6) is 5.75 Å². The minimum atomic E-state index is -0.595. The van der Waals surface area contributed by atoms with Gasteiger partial charge in [-0.05, 0) is 42.5 Å². The van der Waals surface area contributed by atoms with Gasteiger partial charge in [-0.25, -0.2) is 9.69 Å². The standard InChI is InChI=1S/C21H14ClN3O6/c1-30-19-10-14(25(28)29)6-8-16(19)18-9-7-15(31-18)11-17-20(26)24(21(27)23-17)13-4-2-12(22)3-5-13/h2-11H,1H3,(H,23,27)/b17-11+. The fourth-order valence-electron chi connectivity index (χ4n) is 3.07. The number of methoxy groups -OCH3 is 1. The second kappa shape index (κ2) is 7.96. The Morgan fingerprint density at radius 2 is 1.87 bits per heavy atom. The van der Waals surface area contributed by atoms with E-state index in [0.29, 0.717) is 27.8 Å². The van der Waals surface area contributed by atoms with Crippen LogP contribution in [0.3, 0.4) is 0 Å². The molecule has 3 amide bonds. The molecule has 31 heavy (non-hydrogen) atoms. The van der Waals surface area contributed by atoms with Gasteiger partial charge in [-0.2, -0.15) is 0 Å². The first kappa shape index (κ1) is 20.2. The Morgan fingerprint density at radius 1 is 1.13 bits per heavy atom. The number of rotatable bonds is 5. The van der Waals surface area contributed by atoms with Crippen molar-refractivity contribution >= 4 is 41.0 Å². The molecule has 3 aromatic rings. The number of carbonyl (C=O) groups is 2. The first-order chi connectivity index (χ1) is 14.9. The molecule has 2 aromatic carbocycles. The van der Waals surface area contributed by atoms with E-state index in [1.54, 1.807) is 36.4 Å². The van der Waals surface area contributed by atoms with Crippen LogP contribution in [0.2, 0.25) is 5.02 Å². The number of nitrogens with zero attached hydrogens (tertiary/aromatic N) is 2. The Morgan fingerprint density at radius 3 is 2.55 bits per heavy atom. The summed E-state index contributed by atoms with van der Waals surface area (Å²) in [6, 6.07) is 13.1. The molecule has 1 aliphatic heterocycles. The summed E-state index contributed by atoms with van der Waals surface area (Å²) in [5.74, 6) is 0.405. The van der Waals surface area contributed by atoms with E-state index in [1.165, 1.54) is 31.4 Å². The van der Waals surface area contributed by atoms with Crippen LogP contribution in [0, 0.1) is 10.1 Å². The Bertz CT molecular complexity index is 1230. The van der Waals surface area contributed by atoms with E-state index in [9.17, 15) is 19.7 Å². The van der Waals surface area contributed by atoms with Gasteiger partial charge in [-0.3, -0.25) is 14.9 Å². The molecule has 0 unspecified atom stereocenters. The van der Waals surface area contributed by atoms with Crippen LogP contribution >= 0.6 is 11.6 Å². The second-order valence-electron chi connectivity index (χ2n) is 6.45. The minimum absolute atomic E-state index is 0.0384. The number of nitrogens with one attached hydrogen (secondary N) is 1. The number of anilines is 1. The second-order valence-corrected chi connectivity index (χ2v) is 6.89. The number of carbonyl (C=O) groups excluding carboxylic acids is 2. The smallest absolute Gasteiger partial charge is 0.333 e. The normalized spacial score (nSPS) is 14.8. The van der Waals surface area contributed by atoms with E-state index in [4.69, 9.17) is 20.8 Å². The van der Waals surface area contributed by atoms with Crippen molar-refractivity contribution < 1.29 is 23.7 Å². The van der Waals surface area contributed by atoms with Crippen molar-refractivity contribution in [1.29, 1.82) is 0 Å². The average Bonchev–Trinajstić information content (AvgIpc) is 3.32. The number of imide groups is 1. The van der Waals surface area contributed by atoms with E-state index >= 15 is 0 Å². The van der Waals surface area contributed by atoms with E-state index in [0.717, 1.165) is 4.90 Å². The molecule has 1 saturated heterocycles. The quantitative estimate of drug-likeness (QED) is 0.268. The van der Waals surface area contributed by atoms with Gasteiger partial charge in [0.1, 0.15) is 23.0 Å². The SMILES string of the molecule is COc1cc([N+](=O)[O-])ccc1-c1ccc(/C=C2/NC(=O)N(c3ccc(Cl)cc3)C2=O)o1. The lowest BCUT2D eigenvalue weighted by Crippen LogP contribution is -2.30. The van der Waals surface area contributed by atoms with Gasteiger partial charge in [0.05, 0.1) is 29.4 Å². The van der Waals surface area contributed by atoms with Crippen molar-refractivity contribution in [2.75, 3.05) is 12.0 Å². The van der Waals surface area contributed by atoms with Gasteiger partial charge in [-0.15, -0.1) is 0 Å². The minimum Gasteiger partial charge on any atom is -0.496 e. The molecule has 156 valence electrons. The van der Waals surface area contributed by atoms with Gasteiger partial charge in [0, 0.05) is 17.2 Å². The highest BCUT2D eigenvalue weighted by atomic mass is 35.5. The number of hydrogen-bond donors (Lipinski definition) is 1. The average molecular weight is 440 g/mol. The largest absolute Gasteiger partial charge is 0.496 e. The van der Waals surface area contributed by atoms with Crippen molar-refractivity contribution in [3.8, 4) is 17.1 Å². The molecule has 0 aliphatic carbocycles. The fourth-order valence-corrected chi connectivity index (χ4v) is 3.20. The van der Waals surface area contributed by atoms with Crippen LogP contribution in [-0.4, -0.2) is 24.0 Å². The molecule has 2 heterocycles. The third-order valence-corrected chi connectivity index (χ3v) is 4.79. The maximum atomic E-state index is 12.7. The Balaban J connectivity index is 1.62. The van der Waals surface area contributed by atoms with Gasteiger partial charge >= 0.3 is 6.03 Å². The lowest BCUT2D eigenvalue weighted by atomic mass is 10.1. The Labute approximate surface area is 180 Å². The monoisotopic (exact) mass is 439 g/mol. The summed E-state index contributed by atoms with van der Waals surface area (Å²) in [6.45, 7) is 0. The van der Waals surface area contributed by atoms with Crippen LogP contribution in [0.15, 0.2) is 64.7 Å². The number of nitro benzene ring substituents is 1. The zero-order valence-corrected chi connectivity index (χ0v) is 16.8. The van der Waals surface area contributed by atoms with Gasteiger partial charge in [0.15, 0.2) is 0 Å². The number of halogens is 1. The summed E-state index contributed by atoms with van der Waals surface area (Å²) in [5, 5.41) is 14.0. The molecule has 0 radical (unpaired) electrons. The third kappa shape index (κ3) is 3.86. The zero-order valence-electron chi connectivity index (χ0n) is 16.0. The highest BCUT2D eigenvalue weighted by Crippen LogP contribution is 2.34. The highest BCUT2D eigenvalue weighted by Gasteiger charge is 2.35. The molecule has 10 heteroatoms. The summed E-state index contributed by atoms with van der Waals surface area (Å²) >= 11 is 5.86. The van der Waals surface area contributed by atoms with Crippen molar-refractivity contribution in [3.05, 3.63) is 81.2 Å².